The van der Waals surface area contributed by atoms with Crippen LogP contribution in [0.15, 0.2) is 24.3 Å². The van der Waals surface area contributed by atoms with Crippen LogP contribution in [0.5, 0.6) is 5.75 Å². The van der Waals surface area contributed by atoms with Gasteiger partial charge >= 0.3 is 5.97 Å². The molecule has 1 fully saturated rings. The Morgan fingerprint density at radius 3 is 2.46 bits per heavy atom. The number of methoxy groups -OCH3 is 1. The number of ketones is 1. The van der Waals surface area contributed by atoms with Gasteiger partial charge in [0.2, 0.25) is 5.91 Å². The third kappa shape index (κ3) is 5.08. The van der Waals surface area contributed by atoms with Crippen LogP contribution in [0, 0.1) is 5.92 Å². The van der Waals surface area contributed by atoms with Gasteiger partial charge in [0.1, 0.15) is 5.75 Å². The standard InChI is InChI=1S/C18H23NO5/c1-24-15-9-6-12(7-10-15)16(20)3-2-4-17(21)19-14-8-5-13(11-14)18(22)23/h6-7,9-10,13-14H,2-5,8,11H2,1H3,(H,19,21)(H,22,23)/t13-,14+/m0/s1. The van der Waals surface area contributed by atoms with Crippen molar-refractivity contribution in [2.45, 2.75) is 44.6 Å². The maximum Gasteiger partial charge on any atom is 0.306 e. The van der Waals surface area contributed by atoms with Crippen molar-refractivity contribution in [3.8, 4) is 5.75 Å². The summed E-state index contributed by atoms with van der Waals surface area (Å²) < 4.78 is 5.05. The first-order chi connectivity index (χ1) is 11.5. The van der Waals surface area contributed by atoms with Crippen LogP contribution in [0.2, 0.25) is 0 Å². The second-order valence-electron chi connectivity index (χ2n) is 6.12. The van der Waals surface area contributed by atoms with Crippen LogP contribution in [0.3, 0.4) is 0 Å². The minimum atomic E-state index is -0.795. The highest BCUT2D eigenvalue weighted by molar-refractivity contribution is 5.96. The molecule has 0 bridgehead atoms. The monoisotopic (exact) mass is 333 g/mol. The topological polar surface area (TPSA) is 92.7 Å². The first-order valence-electron chi connectivity index (χ1n) is 8.19. The van der Waals surface area contributed by atoms with E-state index in [-0.39, 0.29) is 30.1 Å². The molecule has 0 radical (unpaired) electrons. The zero-order chi connectivity index (χ0) is 17.5. The highest BCUT2D eigenvalue weighted by Crippen LogP contribution is 2.25. The van der Waals surface area contributed by atoms with E-state index in [2.05, 4.69) is 5.32 Å². The maximum absolute atomic E-state index is 12.1. The molecule has 6 nitrogen and oxygen atoms in total. The van der Waals surface area contributed by atoms with Gasteiger partial charge in [-0.2, -0.15) is 0 Å². The van der Waals surface area contributed by atoms with E-state index in [1.807, 2.05) is 0 Å². The van der Waals surface area contributed by atoms with Crippen molar-refractivity contribution in [1.29, 1.82) is 0 Å². The number of nitrogens with one attached hydrogen (secondary N) is 1. The van der Waals surface area contributed by atoms with E-state index >= 15 is 0 Å². The summed E-state index contributed by atoms with van der Waals surface area (Å²) >= 11 is 0. The summed E-state index contributed by atoms with van der Waals surface area (Å²) in [5, 5.41) is 11.8. The van der Waals surface area contributed by atoms with Crippen molar-refractivity contribution >= 4 is 17.7 Å². The smallest absolute Gasteiger partial charge is 0.306 e. The summed E-state index contributed by atoms with van der Waals surface area (Å²) in [4.78, 5) is 34.8. The van der Waals surface area contributed by atoms with Crippen molar-refractivity contribution in [3.63, 3.8) is 0 Å². The number of aliphatic carboxylic acids is 1. The number of benzene rings is 1. The fourth-order valence-electron chi connectivity index (χ4n) is 2.97. The normalized spacial score (nSPS) is 19.7. The molecule has 1 aliphatic rings. The summed E-state index contributed by atoms with van der Waals surface area (Å²) in [6.45, 7) is 0. The van der Waals surface area contributed by atoms with Gasteiger partial charge in [0.25, 0.3) is 0 Å². The number of carbonyl (C=O) groups is 3. The SMILES string of the molecule is COc1ccc(C(=O)CCCC(=O)N[C@@H]2CC[C@H](C(=O)O)C2)cc1. The molecule has 0 unspecified atom stereocenters. The van der Waals surface area contributed by atoms with E-state index in [0.29, 0.717) is 43.4 Å². The first kappa shape index (κ1) is 18.0. The summed E-state index contributed by atoms with van der Waals surface area (Å²) in [7, 11) is 1.57. The molecule has 0 heterocycles. The van der Waals surface area contributed by atoms with Crippen molar-refractivity contribution in [3.05, 3.63) is 29.8 Å². The fraction of sp³-hybridized carbons (Fsp3) is 0.500. The van der Waals surface area contributed by atoms with Gasteiger partial charge in [-0.3, -0.25) is 14.4 Å². The minimum absolute atomic E-state index is 0.00254. The van der Waals surface area contributed by atoms with Crippen molar-refractivity contribution in [2.75, 3.05) is 7.11 Å². The zero-order valence-corrected chi connectivity index (χ0v) is 13.8. The Labute approximate surface area is 141 Å². The highest BCUT2D eigenvalue weighted by atomic mass is 16.5. The Bertz CT molecular complexity index is 596. The van der Waals surface area contributed by atoms with Crippen LogP contribution in [0.25, 0.3) is 0 Å². The quantitative estimate of drug-likeness (QED) is 0.713. The third-order valence-corrected chi connectivity index (χ3v) is 4.37. The van der Waals surface area contributed by atoms with Crippen LogP contribution in [-0.2, 0) is 9.59 Å². The molecule has 24 heavy (non-hydrogen) atoms. The molecule has 0 saturated heterocycles. The van der Waals surface area contributed by atoms with Crippen LogP contribution in [0.4, 0.5) is 0 Å². The van der Waals surface area contributed by atoms with E-state index in [0.717, 1.165) is 0 Å². The molecule has 0 aliphatic heterocycles. The molecule has 2 N–H and O–H groups in total. The van der Waals surface area contributed by atoms with Gasteiger partial charge in [-0.15, -0.1) is 0 Å². The molecular formula is C18H23NO5. The van der Waals surface area contributed by atoms with Crippen LogP contribution >= 0.6 is 0 Å². The number of Topliss-reactive ketones (excluding diaryl/α,β-unsaturated/α-hetero) is 1. The lowest BCUT2D eigenvalue weighted by Gasteiger charge is -2.12. The number of amides is 1. The van der Waals surface area contributed by atoms with Gasteiger partial charge in [-0.25, -0.2) is 0 Å². The van der Waals surface area contributed by atoms with Gasteiger partial charge in [0.15, 0.2) is 5.78 Å². The lowest BCUT2D eigenvalue weighted by molar-refractivity contribution is -0.141. The van der Waals surface area contributed by atoms with E-state index in [9.17, 15) is 14.4 Å². The van der Waals surface area contributed by atoms with Crippen LogP contribution in [0.1, 0.15) is 48.9 Å². The Morgan fingerprint density at radius 1 is 1.17 bits per heavy atom. The Hall–Kier alpha value is -2.37. The van der Waals surface area contributed by atoms with Crippen molar-refractivity contribution in [1.82, 2.24) is 5.32 Å². The first-order valence-corrected chi connectivity index (χ1v) is 8.19. The lowest BCUT2D eigenvalue weighted by atomic mass is 10.0. The summed E-state index contributed by atoms with van der Waals surface area (Å²) in [5.74, 6) is -0.572. The third-order valence-electron chi connectivity index (χ3n) is 4.37. The number of ether oxygens (including phenoxy) is 1. The lowest BCUT2D eigenvalue weighted by Crippen LogP contribution is -2.33. The number of rotatable bonds is 8. The molecule has 130 valence electrons. The summed E-state index contributed by atoms with van der Waals surface area (Å²) in [6.07, 6.45) is 2.86. The predicted molar refractivity (Wildman–Crippen MR) is 88.1 cm³/mol. The Morgan fingerprint density at radius 2 is 1.88 bits per heavy atom. The largest absolute Gasteiger partial charge is 0.497 e. The van der Waals surface area contributed by atoms with Crippen molar-refractivity contribution in [2.24, 2.45) is 5.92 Å². The van der Waals surface area contributed by atoms with Gasteiger partial charge in [0, 0.05) is 24.4 Å². The van der Waals surface area contributed by atoms with Crippen molar-refractivity contribution < 1.29 is 24.2 Å². The van der Waals surface area contributed by atoms with Gasteiger partial charge in [-0.05, 0) is 49.9 Å². The van der Waals surface area contributed by atoms with E-state index in [4.69, 9.17) is 9.84 Å². The Kier molecular flexibility index (Phi) is 6.35. The summed E-state index contributed by atoms with van der Waals surface area (Å²) in [6, 6.07) is 6.84. The summed E-state index contributed by atoms with van der Waals surface area (Å²) in [5.41, 5.74) is 0.608. The molecule has 1 aromatic rings. The molecule has 1 amide bonds. The molecule has 1 aromatic carbocycles. The second-order valence-corrected chi connectivity index (χ2v) is 6.12. The fourth-order valence-corrected chi connectivity index (χ4v) is 2.97. The van der Waals surface area contributed by atoms with Crippen LogP contribution < -0.4 is 10.1 Å². The molecule has 0 aromatic heterocycles. The molecule has 2 rings (SSSR count). The van der Waals surface area contributed by atoms with Gasteiger partial charge < -0.3 is 15.2 Å². The van der Waals surface area contributed by atoms with Gasteiger partial charge in [-0.1, -0.05) is 0 Å². The van der Waals surface area contributed by atoms with E-state index in [1.165, 1.54) is 0 Å². The minimum Gasteiger partial charge on any atom is -0.497 e. The zero-order valence-electron chi connectivity index (χ0n) is 13.8. The predicted octanol–water partition coefficient (Wildman–Crippen LogP) is 2.42. The number of hydrogen-bond acceptors (Lipinski definition) is 4. The number of carboxylic acids is 1. The van der Waals surface area contributed by atoms with Gasteiger partial charge in [0.05, 0.1) is 13.0 Å². The Balaban J connectivity index is 1.68. The second kappa shape index (κ2) is 8.47. The molecule has 1 saturated carbocycles. The molecular weight excluding hydrogens is 310 g/mol. The maximum atomic E-state index is 12.1. The molecule has 6 heteroatoms. The average Bonchev–Trinajstić information content (AvgIpc) is 3.03. The number of hydrogen-bond donors (Lipinski definition) is 2. The number of carbonyl (C=O) groups excluding carboxylic acids is 2. The highest BCUT2D eigenvalue weighted by Gasteiger charge is 2.30. The van der Waals surface area contributed by atoms with E-state index in [1.54, 1.807) is 31.4 Å². The molecule has 1 aliphatic carbocycles. The molecule has 0 spiro atoms. The molecule has 2 atom stereocenters. The number of carboxylic acid groups (broad SMARTS) is 1. The average molecular weight is 333 g/mol. The van der Waals surface area contributed by atoms with Crippen LogP contribution in [-0.4, -0.2) is 35.9 Å². The van der Waals surface area contributed by atoms with E-state index < -0.39 is 5.97 Å².